The Morgan fingerprint density at radius 2 is 1.24 bits per heavy atom. The van der Waals surface area contributed by atoms with E-state index in [0.29, 0.717) is 6.42 Å². The zero-order chi connectivity index (χ0) is 21.2. The molecule has 1 aromatic carbocycles. The van der Waals surface area contributed by atoms with Gasteiger partial charge in [-0.1, -0.05) is 70.6 Å². The van der Waals surface area contributed by atoms with Gasteiger partial charge in [0.25, 0.3) is 5.69 Å². The van der Waals surface area contributed by atoms with Crippen LogP contribution in [0.3, 0.4) is 0 Å². The Balaban J connectivity index is 1.88. The Morgan fingerprint density at radius 1 is 0.793 bits per heavy atom. The summed E-state index contributed by atoms with van der Waals surface area (Å²) in [6.45, 7) is 0.173. The average molecular weight is 424 g/mol. The van der Waals surface area contributed by atoms with E-state index in [9.17, 15) is 14.9 Å². The lowest BCUT2D eigenvalue weighted by molar-refractivity contribution is -0.384. The van der Waals surface area contributed by atoms with E-state index in [1.807, 2.05) is 0 Å². The number of benzene rings is 1. The maximum absolute atomic E-state index is 11.8. The molecule has 164 valence electrons. The van der Waals surface area contributed by atoms with Crippen LogP contribution in [0.4, 0.5) is 5.69 Å². The molecule has 0 heterocycles. The Bertz CT molecular complexity index is 563. The molecule has 0 amide bonds. The van der Waals surface area contributed by atoms with Crippen LogP contribution >= 0.6 is 12.6 Å². The SMILES string of the molecule is O=C(CCCCCCCCCCCCCCCS)OCc1ccc([N+](=O)[O-])cc1. The number of nitrogens with zero attached hydrogens (tertiary/aromatic N) is 1. The van der Waals surface area contributed by atoms with Gasteiger partial charge in [-0.25, -0.2) is 0 Å². The summed E-state index contributed by atoms with van der Waals surface area (Å²) in [5, 5.41) is 10.6. The lowest BCUT2D eigenvalue weighted by Gasteiger charge is -2.05. The number of carbonyl (C=O) groups excluding carboxylic acids is 1. The van der Waals surface area contributed by atoms with Crippen LogP contribution in [-0.2, 0) is 16.1 Å². The second-order valence-electron chi connectivity index (χ2n) is 7.65. The standard InChI is InChI=1S/C23H37NO4S/c25-23(28-20-21-15-17-22(18-16-21)24(26)27)14-12-10-8-6-4-2-1-3-5-7-9-11-13-19-29/h15-18,29H,1-14,19-20H2. The highest BCUT2D eigenvalue weighted by atomic mass is 32.1. The second-order valence-corrected chi connectivity index (χ2v) is 8.10. The predicted octanol–water partition coefficient (Wildman–Crippen LogP) is 7.03. The fraction of sp³-hybridized carbons (Fsp3) is 0.696. The molecule has 1 aromatic rings. The maximum Gasteiger partial charge on any atom is 0.306 e. The molecule has 0 aliphatic heterocycles. The molecule has 0 saturated carbocycles. The van der Waals surface area contributed by atoms with Crippen LogP contribution in [0.25, 0.3) is 0 Å². The lowest BCUT2D eigenvalue weighted by atomic mass is 10.0. The number of thiol groups is 1. The molecule has 1 rings (SSSR count). The summed E-state index contributed by atoms with van der Waals surface area (Å²) in [6.07, 6.45) is 16.8. The van der Waals surface area contributed by atoms with E-state index in [1.165, 1.54) is 82.8 Å². The Labute approximate surface area is 181 Å². The van der Waals surface area contributed by atoms with Gasteiger partial charge in [-0.05, 0) is 36.3 Å². The topological polar surface area (TPSA) is 69.4 Å². The van der Waals surface area contributed by atoms with Crippen LogP contribution in [0, 0.1) is 10.1 Å². The Morgan fingerprint density at radius 3 is 1.69 bits per heavy atom. The van der Waals surface area contributed by atoms with Crippen molar-refractivity contribution in [3.05, 3.63) is 39.9 Å². The van der Waals surface area contributed by atoms with Crippen molar-refractivity contribution in [1.29, 1.82) is 0 Å². The molecule has 0 aliphatic carbocycles. The van der Waals surface area contributed by atoms with Gasteiger partial charge in [0.2, 0.25) is 0 Å². The van der Waals surface area contributed by atoms with Gasteiger partial charge >= 0.3 is 5.97 Å². The van der Waals surface area contributed by atoms with Crippen LogP contribution in [0.1, 0.15) is 95.5 Å². The fourth-order valence-electron chi connectivity index (χ4n) is 3.28. The van der Waals surface area contributed by atoms with E-state index < -0.39 is 4.92 Å². The number of hydrogen-bond donors (Lipinski definition) is 1. The molecule has 0 bridgehead atoms. The minimum atomic E-state index is -0.441. The summed E-state index contributed by atoms with van der Waals surface area (Å²) in [6, 6.07) is 6.09. The summed E-state index contributed by atoms with van der Waals surface area (Å²) in [5.41, 5.74) is 0.807. The van der Waals surface area contributed by atoms with Crippen molar-refractivity contribution in [1.82, 2.24) is 0 Å². The monoisotopic (exact) mass is 423 g/mol. The third-order valence-corrected chi connectivity index (χ3v) is 5.40. The number of nitro benzene ring substituents is 1. The van der Waals surface area contributed by atoms with Crippen molar-refractivity contribution in [2.24, 2.45) is 0 Å². The first-order chi connectivity index (χ1) is 14.1. The molecular weight excluding hydrogens is 386 g/mol. The van der Waals surface area contributed by atoms with Gasteiger partial charge in [0.05, 0.1) is 4.92 Å². The van der Waals surface area contributed by atoms with E-state index in [4.69, 9.17) is 4.74 Å². The van der Waals surface area contributed by atoms with Crippen LogP contribution in [0.15, 0.2) is 24.3 Å². The molecule has 0 aromatic heterocycles. The summed E-state index contributed by atoms with van der Waals surface area (Å²) in [5.74, 6) is 0.821. The first kappa shape index (κ1) is 25.5. The molecule has 6 heteroatoms. The zero-order valence-electron chi connectivity index (χ0n) is 17.7. The molecule has 0 saturated heterocycles. The van der Waals surface area contributed by atoms with Crippen LogP contribution in [0.5, 0.6) is 0 Å². The number of esters is 1. The number of non-ortho nitro benzene ring substituents is 1. The normalized spacial score (nSPS) is 10.8. The quantitative estimate of drug-likeness (QED) is 0.0904. The Kier molecular flexibility index (Phi) is 15.2. The van der Waals surface area contributed by atoms with Crippen molar-refractivity contribution < 1.29 is 14.5 Å². The van der Waals surface area contributed by atoms with Gasteiger partial charge in [-0.2, -0.15) is 12.6 Å². The smallest absolute Gasteiger partial charge is 0.306 e. The second kappa shape index (κ2) is 17.3. The molecule has 0 atom stereocenters. The van der Waals surface area contributed by atoms with Crippen molar-refractivity contribution in [3.8, 4) is 0 Å². The number of ether oxygens (including phenoxy) is 1. The molecule has 29 heavy (non-hydrogen) atoms. The number of carbonyl (C=O) groups is 1. The predicted molar refractivity (Wildman–Crippen MR) is 121 cm³/mol. The number of nitro groups is 1. The molecule has 0 unspecified atom stereocenters. The molecule has 0 radical (unpaired) electrons. The summed E-state index contributed by atoms with van der Waals surface area (Å²) in [4.78, 5) is 21.9. The third kappa shape index (κ3) is 14.1. The van der Waals surface area contributed by atoms with Crippen molar-refractivity contribution in [2.75, 3.05) is 5.75 Å². The van der Waals surface area contributed by atoms with Gasteiger partial charge in [-0.15, -0.1) is 0 Å². The van der Waals surface area contributed by atoms with Gasteiger partial charge < -0.3 is 4.74 Å². The lowest BCUT2D eigenvalue weighted by Crippen LogP contribution is -2.04. The van der Waals surface area contributed by atoms with Gasteiger partial charge in [0, 0.05) is 18.6 Å². The summed E-state index contributed by atoms with van der Waals surface area (Å²) in [7, 11) is 0. The first-order valence-corrected chi connectivity index (χ1v) is 11.8. The average Bonchev–Trinajstić information content (AvgIpc) is 2.72. The Hall–Kier alpha value is -1.56. The highest BCUT2D eigenvalue weighted by Gasteiger charge is 2.06. The number of hydrogen-bond acceptors (Lipinski definition) is 5. The third-order valence-electron chi connectivity index (χ3n) is 5.09. The largest absolute Gasteiger partial charge is 0.461 e. The van der Waals surface area contributed by atoms with Crippen LogP contribution < -0.4 is 0 Å². The van der Waals surface area contributed by atoms with Crippen molar-refractivity contribution >= 4 is 24.3 Å². The number of unbranched alkanes of at least 4 members (excludes halogenated alkanes) is 12. The minimum absolute atomic E-state index is 0.0417. The molecule has 0 N–H and O–H groups in total. The van der Waals surface area contributed by atoms with Crippen LogP contribution in [0.2, 0.25) is 0 Å². The molecule has 0 aliphatic rings. The van der Waals surface area contributed by atoms with E-state index in [2.05, 4.69) is 12.6 Å². The number of rotatable bonds is 18. The van der Waals surface area contributed by atoms with E-state index >= 15 is 0 Å². The van der Waals surface area contributed by atoms with Gasteiger partial charge in [0.1, 0.15) is 6.61 Å². The maximum atomic E-state index is 11.8. The fourth-order valence-corrected chi connectivity index (χ4v) is 3.50. The highest BCUT2D eigenvalue weighted by molar-refractivity contribution is 7.80. The zero-order valence-corrected chi connectivity index (χ0v) is 18.5. The van der Waals surface area contributed by atoms with Gasteiger partial charge in [0.15, 0.2) is 0 Å². The van der Waals surface area contributed by atoms with E-state index in [1.54, 1.807) is 12.1 Å². The van der Waals surface area contributed by atoms with Crippen molar-refractivity contribution in [2.45, 2.75) is 96.5 Å². The summed E-state index contributed by atoms with van der Waals surface area (Å²) < 4.78 is 5.23. The highest BCUT2D eigenvalue weighted by Crippen LogP contribution is 2.15. The molecule has 0 fully saturated rings. The minimum Gasteiger partial charge on any atom is -0.461 e. The summed E-state index contributed by atoms with van der Waals surface area (Å²) >= 11 is 4.23. The van der Waals surface area contributed by atoms with Gasteiger partial charge in [-0.3, -0.25) is 14.9 Å². The molecule has 0 spiro atoms. The van der Waals surface area contributed by atoms with E-state index in [0.717, 1.165) is 24.2 Å². The molecular formula is C23H37NO4S. The van der Waals surface area contributed by atoms with Crippen molar-refractivity contribution in [3.63, 3.8) is 0 Å². The first-order valence-electron chi connectivity index (χ1n) is 11.1. The molecule has 5 nitrogen and oxygen atoms in total. The van der Waals surface area contributed by atoms with E-state index in [-0.39, 0.29) is 18.3 Å². The van der Waals surface area contributed by atoms with Crippen LogP contribution in [-0.4, -0.2) is 16.6 Å².